The summed E-state index contributed by atoms with van der Waals surface area (Å²) in [4.78, 5) is 12.0. The number of nitrogens with one attached hydrogen (secondary N) is 1. The highest BCUT2D eigenvalue weighted by Gasteiger charge is 2.40. The molecular weight excluding hydrogens is 214 g/mol. The maximum absolute atomic E-state index is 12.0. The average molecular weight is 233 g/mol. The maximum atomic E-state index is 12.0. The van der Waals surface area contributed by atoms with Crippen LogP contribution < -0.4 is 5.32 Å². The monoisotopic (exact) mass is 233 g/mol. The number of ether oxygens (including phenoxy) is 1. The van der Waals surface area contributed by atoms with Crippen molar-refractivity contribution in [1.82, 2.24) is 5.32 Å². The largest absolute Gasteiger partial charge is 0.467 e. The molecule has 0 spiro atoms. The summed E-state index contributed by atoms with van der Waals surface area (Å²) in [5.41, 5.74) is 1.41. The predicted molar refractivity (Wildman–Crippen MR) is 66.7 cm³/mol. The average Bonchev–Trinajstić information content (AvgIpc) is 3.12. The van der Waals surface area contributed by atoms with Crippen LogP contribution in [-0.4, -0.2) is 19.1 Å². The van der Waals surface area contributed by atoms with E-state index in [0.29, 0.717) is 6.04 Å². The normalized spacial score (nSPS) is 18.5. The van der Waals surface area contributed by atoms with Crippen LogP contribution in [0.1, 0.15) is 30.9 Å². The van der Waals surface area contributed by atoms with Crippen LogP contribution in [0.4, 0.5) is 0 Å². The highest BCUT2D eigenvalue weighted by molar-refractivity contribution is 5.82. The van der Waals surface area contributed by atoms with Gasteiger partial charge in [0, 0.05) is 6.04 Å². The van der Waals surface area contributed by atoms with Gasteiger partial charge in [-0.2, -0.15) is 0 Å². The van der Waals surface area contributed by atoms with E-state index in [2.05, 4.69) is 5.32 Å². The molecule has 2 rings (SSSR count). The van der Waals surface area contributed by atoms with E-state index < -0.39 is 5.54 Å². The molecule has 1 aliphatic rings. The van der Waals surface area contributed by atoms with Gasteiger partial charge >= 0.3 is 5.97 Å². The van der Waals surface area contributed by atoms with Crippen molar-refractivity contribution in [2.24, 2.45) is 0 Å². The standard InChI is InChI=1S/C14H19NO2/c1-10-4-6-11(7-5-10)14(2,13(16)17-3)15-12-8-9-12/h4-7,12,15H,8-9H2,1-3H3. The van der Waals surface area contributed by atoms with Crippen LogP contribution in [-0.2, 0) is 15.1 Å². The molecule has 92 valence electrons. The number of aryl methyl sites for hydroxylation is 1. The van der Waals surface area contributed by atoms with E-state index >= 15 is 0 Å². The third-order valence-electron chi connectivity index (χ3n) is 3.29. The Balaban J connectivity index is 2.30. The van der Waals surface area contributed by atoms with Gasteiger partial charge < -0.3 is 4.74 Å². The molecule has 3 nitrogen and oxygen atoms in total. The van der Waals surface area contributed by atoms with Gasteiger partial charge in [-0.25, -0.2) is 4.79 Å². The molecule has 1 saturated carbocycles. The first kappa shape index (κ1) is 12.1. The van der Waals surface area contributed by atoms with Crippen molar-refractivity contribution < 1.29 is 9.53 Å². The van der Waals surface area contributed by atoms with Crippen molar-refractivity contribution in [3.63, 3.8) is 0 Å². The number of benzene rings is 1. The molecular formula is C14H19NO2. The summed E-state index contributed by atoms with van der Waals surface area (Å²) in [6.45, 7) is 3.93. The Morgan fingerprint density at radius 1 is 1.35 bits per heavy atom. The third-order valence-corrected chi connectivity index (χ3v) is 3.29. The first-order valence-electron chi connectivity index (χ1n) is 5.99. The van der Waals surface area contributed by atoms with E-state index in [1.165, 1.54) is 12.7 Å². The first-order chi connectivity index (χ1) is 8.06. The summed E-state index contributed by atoms with van der Waals surface area (Å²) < 4.78 is 4.93. The van der Waals surface area contributed by atoms with Crippen LogP contribution >= 0.6 is 0 Å². The molecule has 1 aliphatic carbocycles. The lowest BCUT2D eigenvalue weighted by Gasteiger charge is -2.28. The molecule has 0 heterocycles. The highest BCUT2D eigenvalue weighted by atomic mass is 16.5. The zero-order chi connectivity index (χ0) is 12.5. The van der Waals surface area contributed by atoms with Gasteiger partial charge in [0.15, 0.2) is 0 Å². The van der Waals surface area contributed by atoms with E-state index in [1.807, 2.05) is 38.1 Å². The topological polar surface area (TPSA) is 38.3 Å². The van der Waals surface area contributed by atoms with E-state index in [9.17, 15) is 4.79 Å². The first-order valence-corrected chi connectivity index (χ1v) is 5.99. The molecule has 1 fully saturated rings. The summed E-state index contributed by atoms with van der Waals surface area (Å²) in [6, 6.07) is 8.46. The van der Waals surface area contributed by atoms with Gasteiger partial charge in [0.25, 0.3) is 0 Å². The van der Waals surface area contributed by atoms with Gasteiger partial charge in [-0.3, -0.25) is 5.32 Å². The summed E-state index contributed by atoms with van der Waals surface area (Å²) in [7, 11) is 1.43. The second-order valence-electron chi connectivity index (χ2n) is 4.90. The quantitative estimate of drug-likeness (QED) is 0.810. The number of hydrogen-bond acceptors (Lipinski definition) is 3. The Labute approximate surface area is 102 Å². The molecule has 1 aromatic carbocycles. The fraction of sp³-hybridized carbons (Fsp3) is 0.500. The second-order valence-corrected chi connectivity index (χ2v) is 4.90. The summed E-state index contributed by atoms with van der Waals surface area (Å²) in [6.07, 6.45) is 2.27. The zero-order valence-electron chi connectivity index (χ0n) is 10.6. The minimum absolute atomic E-state index is 0.228. The van der Waals surface area contributed by atoms with Crippen molar-refractivity contribution >= 4 is 5.97 Å². The Morgan fingerprint density at radius 3 is 2.41 bits per heavy atom. The van der Waals surface area contributed by atoms with Crippen LogP contribution in [0.3, 0.4) is 0 Å². The number of methoxy groups -OCH3 is 1. The molecule has 1 unspecified atom stereocenters. The smallest absolute Gasteiger partial charge is 0.330 e. The SMILES string of the molecule is COC(=O)C(C)(NC1CC1)c1ccc(C)cc1. The molecule has 1 aromatic rings. The van der Waals surface area contributed by atoms with E-state index in [0.717, 1.165) is 18.4 Å². The van der Waals surface area contributed by atoms with E-state index in [-0.39, 0.29) is 5.97 Å². The summed E-state index contributed by atoms with van der Waals surface area (Å²) >= 11 is 0. The van der Waals surface area contributed by atoms with Crippen LogP contribution in [0, 0.1) is 6.92 Å². The van der Waals surface area contributed by atoms with Crippen molar-refractivity contribution in [2.75, 3.05) is 7.11 Å². The van der Waals surface area contributed by atoms with Gasteiger partial charge in [-0.15, -0.1) is 0 Å². The number of rotatable bonds is 4. The van der Waals surface area contributed by atoms with Crippen LogP contribution in [0.5, 0.6) is 0 Å². The van der Waals surface area contributed by atoms with Crippen LogP contribution in [0.2, 0.25) is 0 Å². The Hall–Kier alpha value is -1.35. The van der Waals surface area contributed by atoms with E-state index in [1.54, 1.807) is 0 Å². The lowest BCUT2D eigenvalue weighted by Crippen LogP contribution is -2.48. The predicted octanol–water partition coefficient (Wildman–Crippen LogP) is 2.14. The van der Waals surface area contributed by atoms with Gasteiger partial charge in [-0.1, -0.05) is 29.8 Å². The van der Waals surface area contributed by atoms with E-state index in [4.69, 9.17) is 4.74 Å². The summed E-state index contributed by atoms with van der Waals surface area (Å²) in [5.74, 6) is -0.228. The maximum Gasteiger partial charge on any atom is 0.330 e. The lowest BCUT2D eigenvalue weighted by atomic mass is 9.91. The molecule has 3 heteroatoms. The van der Waals surface area contributed by atoms with Gasteiger partial charge in [-0.05, 0) is 32.3 Å². The molecule has 0 saturated heterocycles. The van der Waals surface area contributed by atoms with Gasteiger partial charge in [0.1, 0.15) is 5.54 Å². The Kier molecular flexibility index (Phi) is 3.20. The molecule has 0 radical (unpaired) electrons. The van der Waals surface area contributed by atoms with Gasteiger partial charge in [0.05, 0.1) is 7.11 Å². The van der Waals surface area contributed by atoms with Crippen LogP contribution in [0.25, 0.3) is 0 Å². The lowest BCUT2D eigenvalue weighted by molar-refractivity contribution is -0.148. The molecule has 0 aliphatic heterocycles. The number of esters is 1. The minimum atomic E-state index is -0.733. The fourth-order valence-corrected chi connectivity index (χ4v) is 1.99. The third kappa shape index (κ3) is 2.50. The molecule has 1 N–H and O–H groups in total. The van der Waals surface area contributed by atoms with Crippen molar-refractivity contribution in [2.45, 2.75) is 38.3 Å². The van der Waals surface area contributed by atoms with Crippen molar-refractivity contribution in [3.8, 4) is 0 Å². The molecule has 0 aromatic heterocycles. The van der Waals surface area contributed by atoms with Crippen LogP contribution in [0.15, 0.2) is 24.3 Å². The summed E-state index contributed by atoms with van der Waals surface area (Å²) in [5, 5.41) is 3.38. The van der Waals surface area contributed by atoms with Crippen molar-refractivity contribution in [1.29, 1.82) is 0 Å². The molecule has 0 bridgehead atoms. The Bertz CT molecular complexity index is 409. The fourth-order valence-electron chi connectivity index (χ4n) is 1.99. The minimum Gasteiger partial charge on any atom is -0.467 e. The second kappa shape index (κ2) is 4.49. The highest BCUT2D eigenvalue weighted by Crippen LogP contribution is 2.29. The Morgan fingerprint density at radius 2 is 1.94 bits per heavy atom. The molecule has 0 amide bonds. The molecule has 17 heavy (non-hydrogen) atoms. The van der Waals surface area contributed by atoms with Gasteiger partial charge in [0.2, 0.25) is 0 Å². The number of carbonyl (C=O) groups is 1. The number of hydrogen-bond donors (Lipinski definition) is 1. The van der Waals surface area contributed by atoms with Crippen molar-refractivity contribution in [3.05, 3.63) is 35.4 Å². The molecule has 1 atom stereocenters. The number of carbonyl (C=O) groups excluding carboxylic acids is 1. The zero-order valence-corrected chi connectivity index (χ0v) is 10.6.